The second-order valence-electron chi connectivity index (χ2n) is 5.14. The molecular weight excluding hydrogens is 264 g/mol. The van der Waals surface area contributed by atoms with E-state index in [1.807, 2.05) is 12.1 Å². The first-order valence-electron chi connectivity index (χ1n) is 7.15. The highest BCUT2D eigenvalue weighted by Crippen LogP contribution is 2.25. The summed E-state index contributed by atoms with van der Waals surface area (Å²) in [4.78, 5) is 1.22. The molecule has 1 atom stereocenters. The fourth-order valence-electron chi connectivity index (χ4n) is 2.22. The number of hydrogen-bond donors (Lipinski definition) is 1. The predicted molar refractivity (Wildman–Crippen MR) is 87.3 cm³/mol. The van der Waals surface area contributed by atoms with E-state index in [0.29, 0.717) is 5.75 Å². The molecular formula is C18H22OS. The van der Waals surface area contributed by atoms with E-state index in [-0.39, 0.29) is 0 Å². The van der Waals surface area contributed by atoms with Gasteiger partial charge < -0.3 is 5.11 Å². The predicted octanol–water partition coefficient (Wildman–Crippen LogP) is 4.77. The topological polar surface area (TPSA) is 20.2 Å². The standard InChI is InChI=1S/C18H22OS/c1-3-6-15-8-5-9-16(12-15)18(19)13-20-17-10-4-7-14(2)11-17/h4-5,7-12,18-19H,3,6,13H2,1-2H3. The van der Waals surface area contributed by atoms with Crippen LogP contribution in [0.3, 0.4) is 0 Å². The van der Waals surface area contributed by atoms with E-state index in [4.69, 9.17) is 0 Å². The summed E-state index contributed by atoms with van der Waals surface area (Å²) in [6, 6.07) is 16.7. The monoisotopic (exact) mass is 286 g/mol. The Morgan fingerprint density at radius 1 is 1.10 bits per heavy atom. The zero-order valence-corrected chi connectivity index (χ0v) is 13.0. The quantitative estimate of drug-likeness (QED) is 0.772. The van der Waals surface area contributed by atoms with Crippen molar-refractivity contribution >= 4 is 11.8 Å². The molecule has 0 saturated carbocycles. The Morgan fingerprint density at radius 3 is 2.65 bits per heavy atom. The fourth-order valence-corrected chi connectivity index (χ4v) is 3.21. The van der Waals surface area contributed by atoms with Crippen molar-refractivity contribution in [2.45, 2.75) is 37.7 Å². The van der Waals surface area contributed by atoms with Crippen LogP contribution in [0.1, 0.15) is 36.1 Å². The minimum atomic E-state index is -0.405. The molecule has 0 amide bonds. The third-order valence-electron chi connectivity index (χ3n) is 3.27. The zero-order chi connectivity index (χ0) is 14.4. The Kier molecular flexibility index (Phi) is 5.69. The Bertz CT molecular complexity index is 551. The summed E-state index contributed by atoms with van der Waals surface area (Å²) in [5.41, 5.74) is 3.59. The molecule has 0 aliphatic rings. The third kappa shape index (κ3) is 4.39. The van der Waals surface area contributed by atoms with Gasteiger partial charge in [-0.2, -0.15) is 0 Å². The number of benzene rings is 2. The van der Waals surface area contributed by atoms with E-state index in [0.717, 1.165) is 18.4 Å². The minimum Gasteiger partial charge on any atom is -0.388 e. The lowest BCUT2D eigenvalue weighted by molar-refractivity contribution is 0.204. The van der Waals surface area contributed by atoms with Crippen molar-refractivity contribution in [3.63, 3.8) is 0 Å². The zero-order valence-electron chi connectivity index (χ0n) is 12.2. The van der Waals surface area contributed by atoms with Crippen LogP contribution >= 0.6 is 11.8 Å². The molecule has 0 aliphatic carbocycles. The number of aryl methyl sites for hydroxylation is 2. The summed E-state index contributed by atoms with van der Waals surface area (Å²) >= 11 is 1.71. The Balaban J connectivity index is 1.97. The molecule has 106 valence electrons. The Hall–Kier alpha value is -1.25. The summed E-state index contributed by atoms with van der Waals surface area (Å²) in [5.74, 6) is 0.693. The van der Waals surface area contributed by atoms with Gasteiger partial charge in [-0.15, -0.1) is 11.8 Å². The number of aliphatic hydroxyl groups excluding tert-OH is 1. The largest absolute Gasteiger partial charge is 0.388 e. The van der Waals surface area contributed by atoms with Gasteiger partial charge in [0.2, 0.25) is 0 Å². The van der Waals surface area contributed by atoms with Gasteiger partial charge in [0, 0.05) is 10.6 Å². The molecule has 0 fully saturated rings. The van der Waals surface area contributed by atoms with Crippen molar-refractivity contribution in [3.8, 4) is 0 Å². The maximum atomic E-state index is 10.3. The Morgan fingerprint density at radius 2 is 1.90 bits per heavy atom. The van der Waals surface area contributed by atoms with Crippen molar-refractivity contribution in [3.05, 3.63) is 65.2 Å². The molecule has 2 aromatic rings. The first-order valence-corrected chi connectivity index (χ1v) is 8.14. The average Bonchev–Trinajstić information content (AvgIpc) is 2.45. The highest BCUT2D eigenvalue weighted by atomic mass is 32.2. The molecule has 0 bridgehead atoms. The van der Waals surface area contributed by atoms with Gasteiger partial charge in [0.05, 0.1) is 6.10 Å². The molecule has 20 heavy (non-hydrogen) atoms. The van der Waals surface area contributed by atoms with Crippen LogP contribution < -0.4 is 0 Å². The SMILES string of the molecule is CCCc1cccc(C(O)CSc2cccc(C)c2)c1. The maximum Gasteiger partial charge on any atom is 0.0884 e. The van der Waals surface area contributed by atoms with Crippen molar-refractivity contribution in [1.82, 2.24) is 0 Å². The van der Waals surface area contributed by atoms with Gasteiger partial charge in [-0.1, -0.05) is 55.3 Å². The lowest BCUT2D eigenvalue weighted by atomic mass is 10.0. The van der Waals surface area contributed by atoms with Crippen molar-refractivity contribution < 1.29 is 5.11 Å². The van der Waals surface area contributed by atoms with E-state index < -0.39 is 6.10 Å². The summed E-state index contributed by atoms with van der Waals surface area (Å²) in [5, 5.41) is 10.3. The van der Waals surface area contributed by atoms with Gasteiger partial charge in [-0.25, -0.2) is 0 Å². The number of rotatable bonds is 6. The number of aliphatic hydroxyl groups is 1. The van der Waals surface area contributed by atoms with Crippen LogP contribution in [0.4, 0.5) is 0 Å². The molecule has 2 heteroatoms. The highest BCUT2D eigenvalue weighted by Gasteiger charge is 2.08. The van der Waals surface area contributed by atoms with Gasteiger partial charge in [-0.3, -0.25) is 0 Å². The molecule has 2 rings (SSSR count). The van der Waals surface area contributed by atoms with Crippen LogP contribution in [0.2, 0.25) is 0 Å². The van der Waals surface area contributed by atoms with E-state index in [1.165, 1.54) is 16.0 Å². The van der Waals surface area contributed by atoms with Crippen LogP contribution in [0.25, 0.3) is 0 Å². The first-order chi connectivity index (χ1) is 9.69. The van der Waals surface area contributed by atoms with Crippen LogP contribution in [-0.4, -0.2) is 10.9 Å². The lowest BCUT2D eigenvalue weighted by Crippen LogP contribution is -2.01. The smallest absolute Gasteiger partial charge is 0.0884 e. The third-order valence-corrected chi connectivity index (χ3v) is 4.34. The summed E-state index contributed by atoms with van der Waals surface area (Å²) in [6.07, 6.45) is 1.81. The van der Waals surface area contributed by atoms with Gasteiger partial charge in [-0.05, 0) is 36.6 Å². The molecule has 0 aromatic heterocycles. The average molecular weight is 286 g/mol. The molecule has 2 aromatic carbocycles. The molecule has 1 unspecified atom stereocenters. The van der Waals surface area contributed by atoms with Crippen LogP contribution in [0, 0.1) is 6.92 Å². The number of thioether (sulfide) groups is 1. The van der Waals surface area contributed by atoms with Crippen LogP contribution in [-0.2, 0) is 6.42 Å². The first kappa shape index (κ1) is 15.1. The summed E-state index contributed by atoms with van der Waals surface area (Å²) in [6.45, 7) is 4.27. The normalized spacial score (nSPS) is 12.3. The van der Waals surface area contributed by atoms with E-state index in [1.54, 1.807) is 11.8 Å². The summed E-state index contributed by atoms with van der Waals surface area (Å²) < 4.78 is 0. The number of hydrogen-bond acceptors (Lipinski definition) is 2. The molecule has 0 radical (unpaired) electrons. The molecule has 0 heterocycles. The van der Waals surface area contributed by atoms with Gasteiger partial charge in [0.1, 0.15) is 0 Å². The van der Waals surface area contributed by atoms with E-state index >= 15 is 0 Å². The molecule has 0 aliphatic heterocycles. The second kappa shape index (κ2) is 7.51. The van der Waals surface area contributed by atoms with E-state index in [2.05, 4.69) is 50.2 Å². The maximum absolute atomic E-state index is 10.3. The van der Waals surface area contributed by atoms with E-state index in [9.17, 15) is 5.11 Å². The molecule has 0 saturated heterocycles. The van der Waals surface area contributed by atoms with Crippen molar-refractivity contribution in [1.29, 1.82) is 0 Å². The van der Waals surface area contributed by atoms with Crippen molar-refractivity contribution in [2.24, 2.45) is 0 Å². The molecule has 1 nitrogen and oxygen atoms in total. The summed E-state index contributed by atoms with van der Waals surface area (Å²) in [7, 11) is 0. The van der Waals surface area contributed by atoms with Gasteiger partial charge in [0.15, 0.2) is 0 Å². The van der Waals surface area contributed by atoms with Crippen LogP contribution in [0.15, 0.2) is 53.4 Å². The van der Waals surface area contributed by atoms with Crippen molar-refractivity contribution in [2.75, 3.05) is 5.75 Å². The van der Waals surface area contributed by atoms with Crippen LogP contribution in [0.5, 0.6) is 0 Å². The highest BCUT2D eigenvalue weighted by molar-refractivity contribution is 7.99. The second-order valence-corrected chi connectivity index (χ2v) is 6.23. The molecule has 0 spiro atoms. The Labute approximate surface area is 126 Å². The minimum absolute atomic E-state index is 0.405. The van der Waals surface area contributed by atoms with Gasteiger partial charge in [0.25, 0.3) is 0 Å². The fraction of sp³-hybridized carbons (Fsp3) is 0.333. The lowest BCUT2D eigenvalue weighted by Gasteiger charge is -2.12. The van der Waals surface area contributed by atoms with Gasteiger partial charge >= 0.3 is 0 Å². The molecule has 1 N–H and O–H groups in total.